The van der Waals surface area contributed by atoms with Crippen LogP contribution in [0.1, 0.15) is 31.1 Å². The lowest BCUT2D eigenvalue weighted by Crippen LogP contribution is -2.38. The molecule has 1 fully saturated rings. The van der Waals surface area contributed by atoms with Crippen LogP contribution in [0.25, 0.3) is 0 Å². The largest absolute Gasteiger partial charge is 0.383 e. The first-order valence-electron chi connectivity index (χ1n) is 6.31. The van der Waals surface area contributed by atoms with Crippen LogP contribution in [0.4, 0.5) is 4.39 Å². The molecule has 2 atom stereocenters. The second-order valence-corrected chi connectivity index (χ2v) is 5.41. The number of piperidine rings is 1. The Balaban J connectivity index is 2.12. The Kier molecular flexibility index (Phi) is 5.14. The van der Waals surface area contributed by atoms with E-state index in [1.807, 2.05) is 0 Å². The van der Waals surface area contributed by atoms with Crippen molar-refractivity contribution < 1.29 is 9.13 Å². The molecule has 2 unspecified atom stereocenters. The van der Waals surface area contributed by atoms with E-state index >= 15 is 0 Å². The second kappa shape index (κ2) is 6.63. The van der Waals surface area contributed by atoms with Gasteiger partial charge in [-0.15, -0.1) is 0 Å². The zero-order valence-corrected chi connectivity index (χ0v) is 12.1. The molecular formula is C12H19BrFN3O. The number of hydrogen-bond acceptors (Lipinski definition) is 3. The summed E-state index contributed by atoms with van der Waals surface area (Å²) in [7, 11) is 1.63. The number of halogens is 2. The van der Waals surface area contributed by atoms with Crippen molar-refractivity contribution in [1.29, 1.82) is 0 Å². The van der Waals surface area contributed by atoms with Crippen LogP contribution in [0.2, 0.25) is 0 Å². The van der Waals surface area contributed by atoms with Crippen molar-refractivity contribution in [3.8, 4) is 0 Å². The van der Waals surface area contributed by atoms with Gasteiger partial charge in [0, 0.05) is 13.2 Å². The van der Waals surface area contributed by atoms with E-state index in [2.05, 4.69) is 26.3 Å². The van der Waals surface area contributed by atoms with Crippen LogP contribution in [-0.2, 0) is 11.3 Å². The van der Waals surface area contributed by atoms with E-state index in [0.29, 0.717) is 18.8 Å². The molecule has 2 rings (SSSR count). The first kappa shape index (κ1) is 14.0. The number of alkyl halides is 1. The number of aromatic nitrogens is 2. The molecule has 1 aromatic rings. The highest BCUT2D eigenvalue weighted by molar-refractivity contribution is 9.10. The third-order valence-electron chi connectivity index (χ3n) is 3.30. The summed E-state index contributed by atoms with van der Waals surface area (Å²) in [6.45, 7) is 2.01. The van der Waals surface area contributed by atoms with Crippen LogP contribution < -0.4 is 5.32 Å². The molecule has 0 bridgehead atoms. The zero-order chi connectivity index (χ0) is 13.0. The Morgan fingerprint density at radius 3 is 3.17 bits per heavy atom. The van der Waals surface area contributed by atoms with Crippen molar-refractivity contribution in [3.63, 3.8) is 0 Å². The molecule has 0 spiro atoms. The lowest BCUT2D eigenvalue weighted by Gasteiger charge is -2.27. The molecule has 1 aromatic heterocycles. The van der Waals surface area contributed by atoms with E-state index < -0.39 is 6.17 Å². The molecule has 0 aliphatic carbocycles. The van der Waals surface area contributed by atoms with Crippen LogP contribution >= 0.6 is 15.9 Å². The van der Waals surface area contributed by atoms with Crippen molar-refractivity contribution in [3.05, 3.63) is 16.4 Å². The molecule has 6 heteroatoms. The van der Waals surface area contributed by atoms with Crippen molar-refractivity contribution in [2.24, 2.45) is 0 Å². The molecule has 4 nitrogen and oxygen atoms in total. The highest BCUT2D eigenvalue weighted by atomic mass is 79.9. The molecule has 0 saturated carbocycles. The molecular weight excluding hydrogens is 301 g/mol. The average molecular weight is 320 g/mol. The van der Waals surface area contributed by atoms with Gasteiger partial charge in [0.15, 0.2) is 6.17 Å². The topological polar surface area (TPSA) is 39.1 Å². The van der Waals surface area contributed by atoms with Gasteiger partial charge in [-0.3, -0.25) is 4.68 Å². The molecule has 0 amide bonds. The van der Waals surface area contributed by atoms with Gasteiger partial charge < -0.3 is 10.1 Å². The fourth-order valence-corrected chi connectivity index (χ4v) is 2.84. The number of nitrogens with zero attached hydrogens (tertiary/aromatic N) is 2. The number of methoxy groups -OCH3 is 1. The fourth-order valence-electron chi connectivity index (χ4n) is 2.32. The van der Waals surface area contributed by atoms with Crippen molar-refractivity contribution in [2.75, 3.05) is 20.3 Å². The van der Waals surface area contributed by atoms with E-state index in [0.717, 1.165) is 30.3 Å². The number of hydrogen-bond donors (Lipinski definition) is 1. The van der Waals surface area contributed by atoms with Crippen molar-refractivity contribution in [1.82, 2.24) is 15.1 Å². The van der Waals surface area contributed by atoms with Crippen LogP contribution in [0.5, 0.6) is 0 Å². The summed E-state index contributed by atoms with van der Waals surface area (Å²) >= 11 is 3.38. The molecule has 1 saturated heterocycles. The van der Waals surface area contributed by atoms with Crippen molar-refractivity contribution >= 4 is 15.9 Å². The van der Waals surface area contributed by atoms with Gasteiger partial charge in [0.25, 0.3) is 0 Å². The third-order valence-corrected chi connectivity index (χ3v) is 3.91. The molecule has 0 aromatic carbocycles. The monoisotopic (exact) mass is 319 g/mol. The quantitative estimate of drug-likeness (QED) is 0.906. The van der Waals surface area contributed by atoms with E-state index in [-0.39, 0.29) is 6.04 Å². The van der Waals surface area contributed by atoms with Gasteiger partial charge in [-0.25, -0.2) is 4.39 Å². The van der Waals surface area contributed by atoms with Gasteiger partial charge in [-0.1, -0.05) is 6.42 Å². The Bertz CT molecular complexity index is 379. The molecule has 1 aliphatic heterocycles. The van der Waals surface area contributed by atoms with Crippen LogP contribution in [-0.4, -0.2) is 36.1 Å². The van der Waals surface area contributed by atoms with Crippen molar-refractivity contribution in [2.45, 2.75) is 38.0 Å². The van der Waals surface area contributed by atoms with Crippen LogP contribution in [0, 0.1) is 0 Å². The Morgan fingerprint density at radius 2 is 2.50 bits per heavy atom. The maximum Gasteiger partial charge on any atom is 0.158 e. The van der Waals surface area contributed by atoms with Gasteiger partial charge in [0.05, 0.1) is 29.5 Å². The summed E-state index contributed by atoms with van der Waals surface area (Å²) in [5.74, 6) is 0. The zero-order valence-electron chi connectivity index (χ0n) is 10.5. The molecule has 102 valence electrons. The first-order chi connectivity index (χ1) is 8.74. The summed E-state index contributed by atoms with van der Waals surface area (Å²) in [6, 6.07) is -0.104. The SMILES string of the molecule is COCCn1ncc(Br)c1C(F)C1CCCCN1. The van der Waals surface area contributed by atoms with Crippen LogP contribution in [0.15, 0.2) is 10.7 Å². The lowest BCUT2D eigenvalue weighted by molar-refractivity contribution is 0.172. The second-order valence-electron chi connectivity index (χ2n) is 4.55. The van der Waals surface area contributed by atoms with E-state index in [9.17, 15) is 4.39 Å². The minimum atomic E-state index is -1.03. The van der Waals surface area contributed by atoms with Gasteiger partial charge in [0.1, 0.15) is 0 Å². The summed E-state index contributed by atoms with van der Waals surface area (Å²) < 4.78 is 22.1. The number of ether oxygens (including phenoxy) is 1. The predicted octanol–water partition coefficient (Wildman–Crippen LogP) is 2.44. The minimum absolute atomic E-state index is 0.104. The summed E-state index contributed by atoms with van der Waals surface area (Å²) in [5, 5.41) is 7.44. The Labute approximate surface area is 115 Å². The summed E-state index contributed by atoms with van der Waals surface area (Å²) in [6.07, 6.45) is 3.72. The predicted molar refractivity (Wildman–Crippen MR) is 71.3 cm³/mol. The normalized spacial score (nSPS) is 22.1. The minimum Gasteiger partial charge on any atom is -0.383 e. The molecule has 0 radical (unpaired) electrons. The van der Waals surface area contributed by atoms with E-state index in [1.54, 1.807) is 18.0 Å². The fraction of sp³-hybridized carbons (Fsp3) is 0.750. The van der Waals surface area contributed by atoms with Gasteiger partial charge >= 0.3 is 0 Å². The maximum atomic E-state index is 14.6. The maximum absolute atomic E-state index is 14.6. The number of nitrogens with one attached hydrogen (secondary N) is 1. The Hall–Kier alpha value is -0.460. The summed E-state index contributed by atoms with van der Waals surface area (Å²) in [4.78, 5) is 0. The number of rotatable bonds is 5. The standard InChI is InChI=1S/C12H19BrFN3O/c1-18-7-6-17-12(9(13)8-16-17)11(14)10-4-2-3-5-15-10/h8,10-11,15H,2-7H2,1H3. The van der Waals surface area contributed by atoms with E-state index in [1.165, 1.54) is 0 Å². The third kappa shape index (κ3) is 3.10. The smallest absolute Gasteiger partial charge is 0.158 e. The first-order valence-corrected chi connectivity index (χ1v) is 7.11. The van der Waals surface area contributed by atoms with Gasteiger partial charge in [0.2, 0.25) is 0 Å². The average Bonchev–Trinajstić information content (AvgIpc) is 2.77. The lowest BCUT2D eigenvalue weighted by atomic mass is 9.99. The molecule has 1 aliphatic rings. The van der Waals surface area contributed by atoms with E-state index in [4.69, 9.17) is 4.74 Å². The summed E-state index contributed by atoms with van der Waals surface area (Å²) in [5.41, 5.74) is 0.617. The molecule has 1 N–H and O–H groups in total. The molecule has 18 heavy (non-hydrogen) atoms. The van der Waals surface area contributed by atoms with Gasteiger partial charge in [-0.05, 0) is 35.3 Å². The highest BCUT2D eigenvalue weighted by Gasteiger charge is 2.29. The van der Waals surface area contributed by atoms with Crippen LogP contribution in [0.3, 0.4) is 0 Å². The Morgan fingerprint density at radius 1 is 1.67 bits per heavy atom. The molecule has 2 heterocycles. The highest BCUT2D eigenvalue weighted by Crippen LogP contribution is 2.31. The van der Waals surface area contributed by atoms with Gasteiger partial charge in [-0.2, -0.15) is 5.10 Å².